The third-order valence-electron chi connectivity index (χ3n) is 4.66. The van der Waals surface area contributed by atoms with Crippen LogP contribution in [-0.4, -0.2) is 54.5 Å². The topological polar surface area (TPSA) is 35.6 Å². The molecule has 0 spiro atoms. The second kappa shape index (κ2) is 8.79. The smallest absolute Gasteiger partial charge is 0.234 e. The van der Waals surface area contributed by atoms with Gasteiger partial charge in [0.15, 0.2) is 0 Å². The van der Waals surface area contributed by atoms with Crippen LogP contribution in [0.1, 0.15) is 26.3 Å². The fourth-order valence-corrected chi connectivity index (χ4v) is 2.90. The van der Waals surface area contributed by atoms with E-state index >= 15 is 0 Å². The number of halogens is 2. The maximum atomic E-state index is 13.9. The van der Waals surface area contributed by atoms with E-state index in [1.807, 2.05) is 6.92 Å². The molecule has 1 heterocycles. The van der Waals surface area contributed by atoms with Gasteiger partial charge in [-0.1, -0.05) is 31.5 Å². The Hall–Kier alpha value is -1.17. The van der Waals surface area contributed by atoms with Gasteiger partial charge in [-0.2, -0.15) is 0 Å². The Morgan fingerprint density at radius 1 is 1.21 bits per heavy atom. The molecule has 24 heavy (non-hydrogen) atoms. The molecule has 134 valence electrons. The van der Waals surface area contributed by atoms with Gasteiger partial charge in [0.25, 0.3) is 0 Å². The molecule has 0 radical (unpaired) electrons. The minimum absolute atomic E-state index is 0.0711. The summed E-state index contributed by atoms with van der Waals surface area (Å²) < 4.78 is 13.9. The summed E-state index contributed by atoms with van der Waals surface area (Å²) in [5.74, 6) is 0.241. The fourth-order valence-electron chi connectivity index (χ4n) is 2.68. The highest BCUT2D eigenvalue weighted by atomic mass is 35.5. The molecule has 1 saturated heterocycles. The first-order valence-corrected chi connectivity index (χ1v) is 8.91. The second-order valence-electron chi connectivity index (χ2n) is 6.85. The number of rotatable bonds is 6. The highest BCUT2D eigenvalue weighted by molar-refractivity contribution is 6.31. The number of carbonyl (C=O) groups excluding carboxylic acids is 1. The monoisotopic (exact) mass is 355 g/mol. The maximum Gasteiger partial charge on any atom is 0.234 e. The molecule has 1 aromatic carbocycles. The van der Waals surface area contributed by atoms with E-state index < -0.39 is 0 Å². The van der Waals surface area contributed by atoms with Gasteiger partial charge in [0, 0.05) is 49.4 Å². The highest BCUT2D eigenvalue weighted by Gasteiger charge is 2.21. The summed E-state index contributed by atoms with van der Waals surface area (Å²) in [6, 6.07) is 4.96. The second-order valence-corrected chi connectivity index (χ2v) is 7.26. The molecule has 1 aliphatic rings. The van der Waals surface area contributed by atoms with Crippen molar-refractivity contribution in [3.63, 3.8) is 0 Å². The lowest BCUT2D eigenvalue weighted by Gasteiger charge is -2.34. The summed E-state index contributed by atoms with van der Waals surface area (Å²) in [6.07, 6.45) is 0. The van der Waals surface area contributed by atoms with Crippen LogP contribution < -0.4 is 5.32 Å². The predicted molar refractivity (Wildman–Crippen MR) is 95.6 cm³/mol. The molecule has 1 aromatic rings. The molecular weight excluding hydrogens is 329 g/mol. The quantitative estimate of drug-likeness (QED) is 0.852. The van der Waals surface area contributed by atoms with Gasteiger partial charge in [-0.05, 0) is 25.0 Å². The van der Waals surface area contributed by atoms with Crippen LogP contribution >= 0.6 is 11.6 Å². The largest absolute Gasteiger partial charge is 0.352 e. The lowest BCUT2D eigenvalue weighted by Crippen LogP contribution is -2.50. The first-order chi connectivity index (χ1) is 11.4. The van der Waals surface area contributed by atoms with Gasteiger partial charge in [0.1, 0.15) is 5.82 Å². The number of hydrogen-bond donors (Lipinski definition) is 1. The molecule has 1 fully saturated rings. The minimum atomic E-state index is -0.257. The van der Waals surface area contributed by atoms with Gasteiger partial charge in [-0.25, -0.2) is 4.39 Å². The van der Waals surface area contributed by atoms with Crippen molar-refractivity contribution in [2.75, 3.05) is 32.7 Å². The molecule has 1 amide bonds. The predicted octanol–water partition coefficient (Wildman–Crippen LogP) is 2.76. The van der Waals surface area contributed by atoms with Crippen molar-refractivity contribution in [3.8, 4) is 0 Å². The zero-order valence-corrected chi connectivity index (χ0v) is 15.4. The zero-order chi connectivity index (χ0) is 17.7. The molecule has 1 atom stereocenters. The highest BCUT2D eigenvalue weighted by Crippen LogP contribution is 2.21. The number of piperazine rings is 1. The number of nitrogens with one attached hydrogen (secondary N) is 1. The van der Waals surface area contributed by atoms with E-state index in [0.29, 0.717) is 29.6 Å². The third-order valence-corrected chi connectivity index (χ3v) is 5.02. The van der Waals surface area contributed by atoms with E-state index in [1.54, 1.807) is 12.1 Å². The molecule has 4 nitrogen and oxygen atoms in total. The van der Waals surface area contributed by atoms with Crippen LogP contribution in [0.3, 0.4) is 0 Å². The zero-order valence-electron chi connectivity index (χ0n) is 14.7. The van der Waals surface area contributed by atoms with Crippen molar-refractivity contribution in [1.29, 1.82) is 0 Å². The molecule has 6 heteroatoms. The van der Waals surface area contributed by atoms with Gasteiger partial charge >= 0.3 is 0 Å². The van der Waals surface area contributed by atoms with Crippen molar-refractivity contribution in [1.82, 2.24) is 15.1 Å². The molecular formula is C18H27ClFN3O. The van der Waals surface area contributed by atoms with Gasteiger partial charge in [0.05, 0.1) is 6.54 Å². The maximum absolute atomic E-state index is 13.9. The average Bonchev–Trinajstić information content (AvgIpc) is 2.52. The molecule has 1 unspecified atom stereocenters. The van der Waals surface area contributed by atoms with Crippen LogP contribution in [0.25, 0.3) is 0 Å². The number of amides is 1. The summed E-state index contributed by atoms with van der Waals surface area (Å²) in [7, 11) is 0. The lowest BCUT2D eigenvalue weighted by atomic mass is 10.1. The van der Waals surface area contributed by atoms with Gasteiger partial charge in [-0.15, -0.1) is 0 Å². The van der Waals surface area contributed by atoms with E-state index in [9.17, 15) is 9.18 Å². The Morgan fingerprint density at radius 3 is 2.42 bits per heavy atom. The number of hydrogen-bond acceptors (Lipinski definition) is 3. The Balaban J connectivity index is 1.78. The van der Waals surface area contributed by atoms with Crippen LogP contribution in [0.15, 0.2) is 18.2 Å². The number of benzene rings is 1. The van der Waals surface area contributed by atoms with E-state index in [1.165, 1.54) is 6.07 Å². The normalized spacial score (nSPS) is 17.9. The van der Waals surface area contributed by atoms with Crippen LogP contribution in [0.4, 0.5) is 4.39 Å². The first-order valence-electron chi connectivity index (χ1n) is 8.53. The summed E-state index contributed by atoms with van der Waals surface area (Å²) in [6.45, 7) is 10.4. The molecule has 0 aliphatic carbocycles. The van der Waals surface area contributed by atoms with E-state index in [0.717, 1.165) is 26.2 Å². The van der Waals surface area contributed by atoms with E-state index in [-0.39, 0.29) is 17.8 Å². The Labute approximate surface area is 149 Å². The SMILES string of the molecule is CC(C)C(C)NC(=O)CN1CCN(Cc2c(F)cccc2Cl)CC1. The Bertz CT molecular complexity index is 539. The van der Waals surface area contributed by atoms with Crippen LogP contribution in [0.2, 0.25) is 5.02 Å². The first kappa shape index (κ1) is 19.2. The summed E-state index contributed by atoms with van der Waals surface area (Å²) in [4.78, 5) is 16.4. The Morgan fingerprint density at radius 2 is 1.83 bits per heavy atom. The molecule has 1 aliphatic heterocycles. The Kier molecular flexibility index (Phi) is 7.02. The minimum Gasteiger partial charge on any atom is -0.352 e. The van der Waals surface area contributed by atoms with Gasteiger partial charge in [-0.3, -0.25) is 14.6 Å². The summed E-state index contributed by atoms with van der Waals surface area (Å²) >= 11 is 6.09. The molecule has 0 saturated carbocycles. The van der Waals surface area contributed by atoms with Crippen molar-refractivity contribution in [3.05, 3.63) is 34.6 Å². The van der Waals surface area contributed by atoms with Gasteiger partial charge < -0.3 is 5.32 Å². The standard InChI is InChI=1S/C18H27ClFN3O/c1-13(2)14(3)21-18(24)12-23-9-7-22(8-10-23)11-15-16(19)5-4-6-17(15)20/h4-6,13-14H,7-12H2,1-3H3,(H,21,24). The number of nitrogens with zero attached hydrogens (tertiary/aromatic N) is 2. The third kappa shape index (κ3) is 5.43. The summed E-state index contributed by atoms with van der Waals surface area (Å²) in [5, 5.41) is 3.50. The van der Waals surface area contributed by atoms with Crippen molar-refractivity contribution >= 4 is 17.5 Å². The molecule has 0 aromatic heterocycles. The van der Waals surface area contributed by atoms with Crippen molar-refractivity contribution in [2.45, 2.75) is 33.4 Å². The fraction of sp³-hybridized carbons (Fsp3) is 0.611. The van der Waals surface area contributed by atoms with E-state index in [4.69, 9.17) is 11.6 Å². The molecule has 0 bridgehead atoms. The van der Waals surface area contributed by atoms with E-state index in [2.05, 4.69) is 29.0 Å². The van der Waals surface area contributed by atoms with Gasteiger partial charge in [0.2, 0.25) is 5.91 Å². The van der Waals surface area contributed by atoms with Crippen molar-refractivity contribution in [2.24, 2.45) is 5.92 Å². The van der Waals surface area contributed by atoms with Crippen LogP contribution in [-0.2, 0) is 11.3 Å². The van der Waals surface area contributed by atoms with Crippen LogP contribution in [0, 0.1) is 11.7 Å². The van der Waals surface area contributed by atoms with Crippen LogP contribution in [0.5, 0.6) is 0 Å². The number of carbonyl (C=O) groups is 1. The average molecular weight is 356 g/mol. The molecule has 2 rings (SSSR count). The lowest BCUT2D eigenvalue weighted by molar-refractivity contribution is -0.123. The van der Waals surface area contributed by atoms with Crippen molar-refractivity contribution < 1.29 is 9.18 Å². The molecule has 1 N–H and O–H groups in total. The summed E-state index contributed by atoms with van der Waals surface area (Å²) in [5.41, 5.74) is 0.552.